The lowest BCUT2D eigenvalue weighted by Gasteiger charge is -2.21. The molecular formula is C14H21NO2. The molecule has 1 fully saturated rings. The molecule has 0 spiro atoms. The van der Waals surface area contributed by atoms with E-state index in [1.165, 1.54) is 0 Å². The third kappa shape index (κ3) is 2.61. The summed E-state index contributed by atoms with van der Waals surface area (Å²) in [6.45, 7) is 4.19. The molecule has 1 aliphatic rings. The van der Waals surface area contributed by atoms with E-state index >= 15 is 0 Å². The normalized spacial score (nSPS) is 19.1. The number of ether oxygens (including phenoxy) is 1. The molecule has 0 saturated heterocycles. The van der Waals surface area contributed by atoms with E-state index in [9.17, 15) is 5.11 Å². The van der Waals surface area contributed by atoms with Gasteiger partial charge in [-0.3, -0.25) is 0 Å². The van der Waals surface area contributed by atoms with Gasteiger partial charge in [0.2, 0.25) is 0 Å². The van der Waals surface area contributed by atoms with Crippen LogP contribution in [0.3, 0.4) is 0 Å². The molecular weight excluding hydrogens is 214 g/mol. The van der Waals surface area contributed by atoms with Gasteiger partial charge in [0.25, 0.3) is 0 Å². The maximum absolute atomic E-state index is 9.36. The van der Waals surface area contributed by atoms with Gasteiger partial charge in [0.15, 0.2) is 0 Å². The van der Waals surface area contributed by atoms with Crippen molar-refractivity contribution < 1.29 is 9.84 Å². The topological polar surface area (TPSA) is 55.5 Å². The second-order valence-electron chi connectivity index (χ2n) is 5.23. The number of rotatable bonds is 5. The first-order valence-electron chi connectivity index (χ1n) is 6.20. The first kappa shape index (κ1) is 12.4. The van der Waals surface area contributed by atoms with Crippen molar-refractivity contribution in [2.45, 2.75) is 38.8 Å². The SMILES string of the molecule is CC(C)Oc1ccc(C(N)C2(CO)CC2)cc1. The molecule has 0 aliphatic heterocycles. The summed E-state index contributed by atoms with van der Waals surface area (Å²) in [5, 5.41) is 9.36. The van der Waals surface area contributed by atoms with Gasteiger partial charge in [-0.25, -0.2) is 0 Å². The Labute approximate surface area is 103 Å². The third-order valence-corrected chi connectivity index (χ3v) is 3.48. The molecule has 0 amide bonds. The van der Waals surface area contributed by atoms with E-state index in [0.717, 1.165) is 24.2 Å². The van der Waals surface area contributed by atoms with Crippen LogP contribution in [-0.2, 0) is 0 Å². The summed E-state index contributed by atoms with van der Waals surface area (Å²) in [6.07, 6.45) is 2.23. The first-order valence-corrected chi connectivity index (χ1v) is 6.20. The lowest BCUT2D eigenvalue weighted by Crippen LogP contribution is -2.25. The monoisotopic (exact) mass is 235 g/mol. The first-order chi connectivity index (χ1) is 8.07. The van der Waals surface area contributed by atoms with Crippen LogP contribution in [0.2, 0.25) is 0 Å². The second-order valence-corrected chi connectivity index (χ2v) is 5.23. The molecule has 3 nitrogen and oxygen atoms in total. The minimum Gasteiger partial charge on any atom is -0.491 e. The molecule has 0 aromatic heterocycles. The number of aliphatic hydroxyl groups is 1. The number of hydrogen-bond donors (Lipinski definition) is 2. The third-order valence-electron chi connectivity index (χ3n) is 3.48. The fourth-order valence-corrected chi connectivity index (χ4v) is 2.11. The van der Waals surface area contributed by atoms with Crippen LogP contribution in [0.25, 0.3) is 0 Å². The van der Waals surface area contributed by atoms with Crippen molar-refractivity contribution in [3.63, 3.8) is 0 Å². The Hall–Kier alpha value is -1.06. The molecule has 1 atom stereocenters. The largest absolute Gasteiger partial charge is 0.491 e. The van der Waals surface area contributed by atoms with Crippen LogP contribution >= 0.6 is 0 Å². The van der Waals surface area contributed by atoms with Crippen LogP contribution in [0.15, 0.2) is 24.3 Å². The van der Waals surface area contributed by atoms with E-state index in [4.69, 9.17) is 10.5 Å². The minimum atomic E-state index is -0.0690. The molecule has 94 valence electrons. The van der Waals surface area contributed by atoms with E-state index in [1.54, 1.807) is 0 Å². The summed E-state index contributed by atoms with van der Waals surface area (Å²) in [6, 6.07) is 7.82. The Morgan fingerprint density at radius 2 is 1.88 bits per heavy atom. The van der Waals surface area contributed by atoms with Crippen LogP contribution in [0.4, 0.5) is 0 Å². The van der Waals surface area contributed by atoms with E-state index in [-0.39, 0.29) is 24.2 Å². The highest BCUT2D eigenvalue weighted by molar-refractivity contribution is 5.31. The maximum Gasteiger partial charge on any atom is 0.119 e. The highest BCUT2D eigenvalue weighted by Crippen LogP contribution is 2.53. The Balaban J connectivity index is 2.07. The molecule has 1 aromatic carbocycles. The lowest BCUT2D eigenvalue weighted by molar-refractivity contribution is 0.187. The summed E-state index contributed by atoms with van der Waals surface area (Å²) in [7, 11) is 0. The summed E-state index contributed by atoms with van der Waals surface area (Å²) in [4.78, 5) is 0. The second kappa shape index (κ2) is 4.67. The Bertz CT molecular complexity index is 368. The average Bonchev–Trinajstić information content (AvgIpc) is 3.09. The van der Waals surface area contributed by atoms with Crippen LogP contribution in [0.5, 0.6) is 5.75 Å². The van der Waals surface area contributed by atoms with Crippen molar-refractivity contribution in [2.75, 3.05) is 6.61 Å². The van der Waals surface area contributed by atoms with E-state index < -0.39 is 0 Å². The van der Waals surface area contributed by atoms with Crippen LogP contribution in [-0.4, -0.2) is 17.8 Å². The summed E-state index contributed by atoms with van der Waals surface area (Å²) >= 11 is 0. The molecule has 1 saturated carbocycles. The van der Waals surface area contributed by atoms with E-state index in [2.05, 4.69) is 0 Å². The smallest absolute Gasteiger partial charge is 0.119 e. The minimum absolute atomic E-state index is 0.0689. The van der Waals surface area contributed by atoms with Gasteiger partial charge in [-0.05, 0) is 44.4 Å². The highest BCUT2D eigenvalue weighted by atomic mass is 16.5. The zero-order chi connectivity index (χ0) is 12.5. The number of hydrogen-bond acceptors (Lipinski definition) is 3. The van der Waals surface area contributed by atoms with Crippen LogP contribution in [0.1, 0.15) is 38.3 Å². The van der Waals surface area contributed by atoms with Gasteiger partial charge in [-0.2, -0.15) is 0 Å². The molecule has 2 rings (SSSR count). The molecule has 1 aromatic rings. The van der Waals surface area contributed by atoms with Crippen molar-refractivity contribution in [1.29, 1.82) is 0 Å². The van der Waals surface area contributed by atoms with Gasteiger partial charge >= 0.3 is 0 Å². The van der Waals surface area contributed by atoms with Gasteiger partial charge < -0.3 is 15.6 Å². The van der Waals surface area contributed by atoms with Crippen molar-refractivity contribution in [3.8, 4) is 5.75 Å². The molecule has 0 radical (unpaired) electrons. The lowest BCUT2D eigenvalue weighted by atomic mass is 9.91. The van der Waals surface area contributed by atoms with Gasteiger partial charge in [0, 0.05) is 11.5 Å². The quantitative estimate of drug-likeness (QED) is 0.823. The van der Waals surface area contributed by atoms with Gasteiger partial charge in [0.1, 0.15) is 5.75 Å². The summed E-state index contributed by atoms with van der Waals surface area (Å²) < 4.78 is 5.59. The van der Waals surface area contributed by atoms with Crippen molar-refractivity contribution in [2.24, 2.45) is 11.1 Å². The zero-order valence-corrected chi connectivity index (χ0v) is 10.5. The average molecular weight is 235 g/mol. The zero-order valence-electron chi connectivity index (χ0n) is 10.5. The number of nitrogens with two attached hydrogens (primary N) is 1. The summed E-state index contributed by atoms with van der Waals surface area (Å²) in [5.41, 5.74) is 7.20. The fraction of sp³-hybridized carbons (Fsp3) is 0.571. The highest BCUT2D eigenvalue weighted by Gasteiger charge is 2.47. The molecule has 1 unspecified atom stereocenters. The number of aliphatic hydroxyl groups excluding tert-OH is 1. The molecule has 0 heterocycles. The molecule has 0 bridgehead atoms. The predicted octanol–water partition coefficient (Wildman–Crippen LogP) is 2.25. The van der Waals surface area contributed by atoms with Crippen molar-refractivity contribution in [3.05, 3.63) is 29.8 Å². The summed E-state index contributed by atoms with van der Waals surface area (Å²) in [5.74, 6) is 0.866. The standard InChI is InChI=1S/C14H21NO2/c1-10(2)17-12-5-3-11(4-6-12)13(15)14(9-16)7-8-14/h3-6,10,13,16H,7-9,15H2,1-2H3. The fourth-order valence-electron chi connectivity index (χ4n) is 2.11. The Kier molecular flexibility index (Phi) is 3.40. The van der Waals surface area contributed by atoms with Crippen LogP contribution < -0.4 is 10.5 Å². The molecule has 3 heteroatoms. The molecule has 3 N–H and O–H groups in total. The Morgan fingerprint density at radius 1 is 1.29 bits per heavy atom. The van der Waals surface area contributed by atoms with E-state index in [1.807, 2.05) is 38.1 Å². The molecule has 17 heavy (non-hydrogen) atoms. The van der Waals surface area contributed by atoms with Crippen molar-refractivity contribution >= 4 is 0 Å². The Morgan fingerprint density at radius 3 is 2.29 bits per heavy atom. The van der Waals surface area contributed by atoms with Crippen molar-refractivity contribution in [1.82, 2.24) is 0 Å². The number of benzene rings is 1. The molecule has 1 aliphatic carbocycles. The van der Waals surface area contributed by atoms with Gasteiger partial charge in [0.05, 0.1) is 12.7 Å². The van der Waals surface area contributed by atoms with Gasteiger partial charge in [-0.1, -0.05) is 12.1 Å². The van der Waals surface area contributed by atoms with E-state index in [0.29, 0.717) is 0 Å². The predicted molar refractivity (Wildman–Crippen MR) is 67.9 cm³/mol. The van der Waals surface area contributed by atoms with Crippen LogP contribution in [0, 0.1) is 5.41 Å². The van der Waals surface area contributed by atoms with Gasteiger partial charge in [-0.15, -0.1) is 0 Å². The maximum atomic E-state index is 9.36.